The lowest BCUT2D eigenvalue weighted by Gasteiger charge is -1.96. The van der Waals surface area contributed by atoms with E-state index in [0.29, 0.717) is 5.82 Å². The molecule has 0 aliphatic rings. The first-order valence-electron chi connectivity index (χ1n) is 4.15. The van der Waals surface area contributed by atoms with E-state index < -0.39 is 0 Å². The van der Waals surface area contributed by atoms with Crippen molar-refractivity contribution in [2.75, 3.05) is 5.73 Å². The Balaban J connectivity index is 2.52. The largest absolute Gasteiger partial charge is 0.382 e. The van der Waals surface area contributed by atoms with Crippen molar-refractivity contribution in [2.45, 2.75) is 13.3 Å². The van der Waals surface area contributed by atoms with Crippen LogP contribution in [0.3, 0.4) is 0 Å². The molecule has 2 rings (SSSR count). The molecule has 4 N–H and O–H groups in total. The highest BCUT2D eigenvalue weighted by Gasteiger charge is 2.10. The summed E-state index contributed by atoms with van der Waals surface area (Å²) < 4.78 is 0. The third-order valence-electron chi connectivity index (χ3n) is 2.02. The average molecular weight is 177 g/mol. The number of nitrogens with zero attached hydrogens (tertiary/aromatic N) is 2. The molecule has 0 spiro atoms. The van der Waals surface area contributed by atoms with E-state index >= 15 is 0 Å². The molecule has 13 heavy (non-hydrogen) atoms. The second-order valence-corrected chi connectivity index (χ2v) is 2.79. The molecule has 2 aromatic heterocycles. The number of anilines is 1. The summed E-state index contributed by atoms with van der Waals surface area (Å²) in [6, 6.07) is 1.88. The summed E-state index contributed by atoms with van der Waals surface area (Å²) in [5.74, 6) is 0.562. The molecule has 2 heterocycles. The minimum Gasteiger partial charge on any atom is -0.382 e. The standard InChI is InChI=1S/C8H11N5/c1-2-5-7(12-13-8(5)9)6-3-4-10-11-6/h3-4H,2H2,1H3,(H,10,11)(H3,9,12,13). The van der Waals surface area contributed by atoms with Crippen molar-refractivity contribution < 1.29 is 0 Å². The van der Waals surface area contributed by atoms with Crippen molar-refractivity contribution >= 4 is 5.82 Å². The van der Waals surface area contributed by atoms with E-state index in [1.807, 2.05) is 13.0 Å². The maximum absolute atomic E-state index is 5.68. The van der Waals surface area contributed by atoms with Crippen LogP contribution in [0.1, 0.15) is 12.5 Å². The average Bonchev–Trinajstić information content (AvgIpc) is 2.71. The number of nitrogen functional groups attached to an aromatic ring is 1. The lowest BCUT2D eigenvalue weighted by Crippen LogP contribution is -1.90. The van der Waals surface area contributed by atoms with Gasteiger partial charge in [0.2, 0.25) is 0 Å². The Hall–Kier alpha value is -1.78. The lowest BCUT2D eigenvalue weighted by molar-refractivity contribution is 1.06. The molecule has 0 saturated carbocycles. The van der Waals surface area contributed by atoms with Gasteiger partial charge in [0.25, 0.3) is 0 Å². The lowest BCUT2D eigenvalue weighted by atomic mass is 10.1. The third kappa shape index (κ3) is 1.18. The maximum atomic E-state index is 5.68. The fourth-order valence-corrected chi connectivity index (χ4v) is 1.35. The zero-order valence-corrected chi connectivity index (χ0v) is 7.33. The van der Waals surface area contributed by atoms with Crippen LogP contribution in [0.15, 0.2) is 12.3 Å². The van der Waals surface area contributed by atoms with Crippen LogP contribution in [0.2, 0.25) is 0 Å². The van der Waals surface area contributed by atoms with E-state index in [1.165, 1.54) is 0 Å². The first-order valence-corrected chi connectivity index (χ1v) is 4.15. The van der Waals surface area contributed by atoms with Gasteiger partial charge in [-0.15, -0.1) is 0 Å². The zero-order valence-electron chi connectivity index (χ0n) is 7.33. The summed E-state index contributed by atoms with van der Waals surface area (Å²) in [5.41, 5.74) is 8.56. The summed E-state index contributed by atoms with van der Waals surface area (Å²) >= 11 is 0. The Morgan fingerprint density at radius 2 is 2.31 bits per heavy atom. The van der Waals surface area contributed by atoms with Gasteiger partial charge < -0.3 is 5.73 Å². The number of hydrogen-bond acceptors (Lipinski definition) is 3. The van der Waals surface area contributed by atoms with Crippen molar-refractivity contribution in [1.82, 2.24) is 20.4 Å². The number of aromatic nitrogens is 4. The predicted octanol–water partition coefficient (Wildman–Crippen LogP) is 0.944. The van der Waals surface area contributed by atoms with Crippen LogP contribution >= 0.6 is 0 Å². The van der Waals surface area contributed by atoms with Gasteiger partial charge in [-0.1, -0.05) is 6.92 Å². The summed E-state index contributed by atoms with van der Waals surface area (Å²) in [6.45, 7) is 2.04. The van der Waals surface area contributed by atoms with Gasteiger partial charge in [-0.2, -0.15) is 10.2 Å². The first kappa shape index (κ1) is 7.85. The van der Waals surface area contributed by atoms with E-state index in [0.717, 1.165) is 23.4 Å². The van der Waals surface area contributed by atoms with Crippen molar-refractivity contribution in [1.29, 1.82) is 0 Å². The molecule has 0 aliphatic heterocycles. The fraction of sp³-hybridized carbons (Fsp3) is 0.250. The summed E-state index contributed by atoms with van der Waals surface area (Å²) in [5, 5.41) is 13.6. The van der Waals surface area contributed by atoms with Crippen LogP contribution in [-0.2, 0) is 6.42 Å². The van der Waals surface area contributed by atoms with Crippen LogP contribution in [-0.4, -0.2) is 20.4 Å². The Labute approximate surface area is 75.4 Å². The topological polar surface area (TPSA) is 83.4 Å². The van der Waals surface area contributed by atoms with Crippen molar-refractivity contribution in [3.8, 4) is 11.4 Å². The molecule has 0 fully saturated rings. The normalized spacial score (nSPS) is 10.5. The molecule has 0 aromatic carbocycles. The molecule has 0 radical (unpaired) electrons. The Morgan fingerprint density at radius 3 is 2.92 bits per heavy atom. The third-order valence-corrected chi connectivity index (χ3v) is 2.02. The van der Waals surface area contributed by atoms with Crippen LogP contribution in [0.4, 0.5) is 5.82 Å². The van der Waals surface area contributed by atoms with Crippen molar-refractivity contribution in [3.05, 3.63) is 17.8 Å². The molecular weight excluding hydrogens is 166 g/mol. The summed E-state index contributed by atoms with van der Waals surface area (Å²) in [7, 11) is 0. The van der Waals surface area contributed by atoms with Gasteiger partial charge in [-0.05, 0) is 12.5 Å². The van der Waals surface area contributed by atoms with Crippen LogP contribution in [0, 0.1) is 0 Å². The van der Waals surface area contributed by atoms with Crippen LogP contribution < -0.4 is 5.73 Å². The van der Waals surface area contributed by atoms with Gasteiger partial charge in [0.15, 0.2) is 0 Å². The smallest absolute Gasteiger partial charge is 0.149 e. The number of rotatable bonds is 2. The molecule has 2 aromatic rings. The molecule has 68 valence electrons. The van der Waals surface area contributed by atoms with Gasteiger partial charge in [0, 0.05) is 11.8 Å². The van der Waals surface area contributed by atoms with E-state index in [-0.39, 0.29) is 0 Å². The first-order chi connectivity index (χ1) is 6.33. The molecule has 0 saturated heterocycles. The molecule has 0 unspecified atom stereocenters. The SMILES string of the molecule is CCc1c(N)n[nH]c1-c1ccn[nH]1. The highest BCUT2D eigenvalue weighted by atomic mass is 15.2. The molecule has 0 bridgehead atoms. The number of nitrogens with one attached hydrogen (secondary N) is 2. The molecule has 0 atom stereocenters. The second-order valence-electron chi connectivity index (χ2n) is 2.79. The van der Waals surface area contributed by atoms with Gasteiger partial charge in [-0.3, -0.25) is 10.2 Å². The van der Waals surface area contributed by atoms with E-state index in [4.69, 9.17) is 5.73 Å². The Kier molecular flexibility index (Phi) is 1.77. The van der Waals surface area contributed by atoms with E-state index in [9.17, 15) is 0 Å². The van der Waals surface area contributed by atoms with Gasteiger partial charge >= 0.3 is 0 Å². The fourth-order valence-electron chi connectivity index (χ4n) is 1.35. The van der Waals surface area contributed by atoms with E-state index in [1.54, 1.807) is 6.20 Å². The molecule has 5 nitrogen and oxygen atoms in total. The summed E-state index contributed by atoms with van der Waals surface area (Å²) in [4.78, 5) is 0. The van der Waals surface area contributed by atoms with Crippen molar-refractivity contribution in [3.63, 3.8) is 0 Å². The number of hydrogen-bond donors (Lipinski definition) is 3. The Bertz CT molecular complexity index is 387. The summed E-state index contributed by atoms with van der Waals surface area (Å²) in [6.07, 6.45) is 2.56. The monoisotopic (exact) mass is 177 g/mol. The highest BCUT2D eigenvalue weighted by Crippen LogP contribution is 2.23. The minimum atomic E-state index is 0.562. The number of H-pyrrole nitrogens is 2. The molecule has 5 heteroatoms. The van der Waals surface area contributed by atoms with Crippen molar-refractivity contribution in [2.24, 2.45) is 0 Å². The molecule has 0 amide bonds. The molecule has 0 aliphatic carbocycles. The Morgan fingerprint density at radius 1 is 1.46 bits per heavy atom. The van der Waals surface area contributed by atoms with Crippen LogP contribution in [0.25, 0.3) is 11.4 Å². The zero-order chi connectivity index (χ0) is 9.26. The predicted molar refractivity (Wildman–Crippen MR) is 50.0 cm³/mol. The minimum absolute atomic E-state index is 0.562. The van der Waals surface area contributed by atoms with Gasteiger partial charge in [0.05, 0.1) is 11.4 Å². The molecular formula is C8H11N5. The number of aromatic amines is 2. The quantitative estimate of drug-likeness (QED) is 0.638. The number of nitrogens with two attached hydrogens (primary N) is 1. The van der Waals surface area contributed by atoms with Gasteiger partial charge in [0.1, 0.15) is 5.82 Å². The maximum Gasteiger partial charge on any atom is 0.149 e. The van der Waals surface area contributed by atoms with E-state index in [2.05, 4.69) is 20.4 Å². The van der Waals surface area contributed by atoms with Crippen LogP contribution in [0.5, 0.6) is 0 Å². The second kappa shape index (κ2) is 2.93. The van der Waals surface area contributed by atoms with Gasteiger partial charge in [-0.25, -0.2) is 0 Å². The highest BCUT2D eigenvalue weighted by molar-refractivity contribution is 5.64.